The molecule has 2 atom stereocenters. The molecule has 1 amide bonds. The number of rotatable bonds is 13. The third-order valence-corrected chi connectivity index (χ3v) is 7.31. The van der Waals surface area contributed by atoms with E-state index in [0.29, 0.717) is 23.4 Å². The van der Waals surface area contributed by atoms with E-state index in [1.54, 1.807) is 36.4 Å². The highest BCUT2D eigenvalue weighted by Gasteiger charge is 2.20. The van der Waals surface area contributed by atoms with Gasteiger partial charge in [-0.05, 0) is 58.9 Å². The Morgan fingerprint density at radius 2 is 1.81 bits per heavy atom. The first-order valence-electron chi connectivity index (χ1n) is 12.5. The summed E-state index contributed by atoms with van der Waals surface area (Å²) in [6, 6.07) is 9.42. The Labute approximate surface area is 220 Å². The Morgan fingerprint density at radius 3 is 2.38 bits per heavy atom. The maximum Gasteiger partial charge on any atom is 0.231 e. The maximum absolute atomic E-state index is 13.6. The molecule has 0 spiro atoms. The molecule has 2 aromatic carbocycles. The summed E-state index contributed by atoms with van der Waals surface area (Å²) in [6.07, 6.45) is 4.08. The van der Waals surface area contributed by atoms with Crippen LogP contribution in [0.25, 0.3) is 17.2 Å². The second-order valence-corrected chi connectivity index (χ2v) is 11.6. The van der Waals surface area contributed by atoms with Gasteiger partial charge in [0, 0.05) is 20.0 Å². The van der Waals surface area contributed by atoms with Crippen LogP contribution in [-0.2, 0) is 14.8 Å². The Kier molecular flexibility index (Phi) is 11.3. The van der Waals surface area contributed by atoms with E-state index in [4.69, 9.17) is 0 Å². The van der Waals surface area contributed by atoms with Crippen LogP contribution in [0.5, 0.6) is 0 Å². The molecule has 0 heterocycles. The van der Waals surface area contributed by atoms with E-state index in [1.165, 1.54) is 23.5 Å². The van der Waals surface area contributed by atoms with Crippen LogP contribution in [0.4, 0.5) is 10.1 Å². The van der Waals surface area contributed by atoms with E-state index < -0.39 is 28.0 Å². The third kappa shape index (κ3) is 9.25. The van der Waals surface area contributed by atoms with Gasteiger partial charge in [-0.3, -0.25) is 9.10 Å². The Bertz CT molecular complexity index is 1180. The summed E-state index contributed by atoms with van der Waals surface area (Å²) in [4.78, 5) is 11.9. The molecule has 0 unspecified atom stereocenters. The number of sulfonamides is 1. The predicted octanol–water partition coefficient (Wildman–Crippen LogP) is 4.44. The van der Waals surface area contributed by atoms with Gasteiger partial charge in [-0.1, -0.05) is 51.5 Å². The molecule has 0 saturated carbocycles. The molecule has 37 heavy (non-hydrogen) atoms. The van der Waals surface area contributed by atoms with Gasteiger partial charge >= 0.3 is 0 Å². The number of benzene rings is 2. The average molecular weight is 535 g/mol. The smallest absolute Gasteiger partial charge is 0.231 e. The number of nitrogens with one attached hydrogen (secondary N) is 1. The maximum atomic E-state index is 13.6. The summed E-state index contributed by atoms with van der Waals surface area (Å²) in [5.41, 5.74) is 3.42. The Balaban J connectivity index is 2.40. The lowest BCUT2D eigenvalue weighted by Crippen LogP contribution is -2.29. The van der Waals surface area contributed by atoms with E-state index in [9.17, 15) is 27.8 Å². The first-order valence-corrected chi connectivity index (χ1v) is 14.4. The first-order chi connectivity index (χ1) is 17.3. The summed E-state index contributed by atoms with van der Waals surface area (Å²) in [7, 11) is -2.04. The van der Waals surface area contributed by atoms with Crippen molar-refractivity contribution in [1.29, 1.82) is 0 Å². The highest BCUT2D eigenvalue weighted by Crippen LogP contribution is 2.36. The van der Waals surface area contributed by atoms with Crippen molar-refractivity contribution in [1.82, 2.24) is 5.32 Å². The monoisotopic (exact) mass is 534 g/mol. The van der Waals surface area contributed by atoms with Gasteiger partial charge in [-0.25, -0.2) is 12.8 Å². The van der Waals surface area contributed by atoms with E-state index in [1.807, 2.05) is 20.8 Å². The standard InChI is InChI=1S/C28H39FN2O5S/c1-6-7-14-30-28(34)18-24(33)17-23(32)12-13-25-26(19(2)3)15-22(31(4)37(5,35)36)16-27(25)20-8-10-21(29)11-9-20/h8-13,15-16,19,23-24,32-33H,6-7,14,17-18H2,1-5H3,(H,30,34)/t23-,24-/m1/s1. The number of hydrogen-bond acceptors (Lipinski definition) is 5. The van der Waals surface area contributed by atoms with Crippen molar-refractivity contribution in [3.05, 3.63) is 59.4 Å². The molecule has 0 aliphatic rings. The highest BCUT2D eigenvalue weighted by atomic mass is 32.2. The predicted molar refractivity (Wildman–Crippen MR) is 147 cm³/mol. The van der Waals surface area contributed by atoms with E-state index in [2.05, 4.69) is 5.32 Å². The minimum atomic E-state index is -3.52. The number of carbonyl (C=O) groups excluding carboxylic acids is 1. The summed E-state index contributed by atoms with van der Waals surface area (Å²) < 4.78 is 39.3. The molecular formula is C28H39FN2O5S. The van der Waals surface area contributed by atoms with Gasteiger partial charge in [0.05, 0.1) is 30.6 Å². The third-order valence-electron chi connectivity index (χ3n) is 6.11. The van der Waals surface area contributed by atoms with E-state index in [-0.39, 0.29) is 24.7 Å². The first kappa shape index (κ1) is 30.5. The number of carbonyl (C=O) groups is 1. The number of halogens is 1. The average Bonchev–Trinajstić information content (AvgIpc) is 2.81. The van der Waals surface area contributed by atoms with Gasteiger partial charge in [-0.2, -0.15) is 0 Å². The summed E-state index contributed by atoms with van der Waals surface area (Å²) in [6.45, 7) is 6.53. The van der Waals surface area contributed by atoms with Crippen LogP contribution in [0.1, 0.15) is 63.5 Å². The van der Waals surface area contributed by atoms with E-state index >= 15 is 0 Å². The topological polar surface area (TPSA) is 107 Å². The minimum absolute atomic E-state index is 0.00121. The van der Waals surface area contributed by atoms with Crippen molar-refractivity contribution in [2.45, 2.75) is 64.6 Å². The number of hydrogen-bond donors (Lipinski definition) is 3. The van der Waals surface area contributed by atoms with Gasteiger partial charge in [0.15, 0.2) is 0 Å². The molecule has 0 saturated heterocycles. The number of unbranched alkanes of at least 4 members (excludes halogenated alkanes) is 1. The molecule has 0 aromatic heterocycles. The highest BCUT2D eigenvalue weighted by molar-refractivity contribution is 7.92. The quantitative estimate of drug-likeness (QED) is 0.329. The van der Waals surface area contributed by atoms with Crippen molar-refractivity contribution < 1.29 is 27.8 Å². The van der Waals surface area contributed by atoms with Gasteiger partial charge in [0.1, 0.15) is 5.82 Å². The van der Waals surface area contributed by atoms with Gasteiger partial charge < -0.3 is 15.5 Å². The van der Waals surface area contributed by atoms with Crippen LogP contribution in [0.15, 0.2) is 42.5 Å². The SMILES string of the molecule is CCCCNC(=O)C[C@H](O)C[C@H](O)C=Cc1c(-c2ccc(F)cc2)cc(N(C)S(C)(=O)=O)cc1C(C)C. The van der Waals surface area contributed by atoms with Crippen molar-refractivity contribution in [3.8, 4) is 11.1 Å². The fourth-order valence-electron chi connectivity index (χ4n) is 3.90. The summed E-state index contributed by atoms with van der Waals surface area (Å²) in [5.74, 6) is -0.651. The molecule has 0 radical (unpaired) electrons. The van der Waals surface area contributed by atoms with Crippen molar-refractivity contribution in [3.63, 3.8) is 0 Å². The number of aliphatic hydroxyl groups excluding tert-OH is 2. The molecular weight excluding hydrogens is 495 g/mol. The number of amides is 1. The Morgan fingerprint density at radius 1 is 1.16 bits per heavy atom. The van der Waals surface area contributed by atoms with Crippen molar-refractivity contribution in [2.24, 2.45) is 0 Å². The molecule has 3 N–H and O–H groups in total. The minimum Gasteiger partial charge on any atom is -0.392 e. The second kappa shape index (κ2) is 13.7. The molecule has 9 heteroatoms. The lowest BCUT2D eigenvalue weighted by molar-refractivity contribution is -0.123. The van der Waals surface area contributed by atoms with Crippen molar-refractivity contribution in [2.75, 3.05) is 24.2 Å². The fraction of sp³-hybridized carbons (Fsp3) is 0.464. The van der Waals surface area contributed by atoms with Gasteiger partial charge in [0.2, 0.25) is 15.9 Å². The second-order valence-electron chi connectivity index (χ2n) is 9.61. The van der Waals surface area contributed by atoms with Crippen LogP contribution in [0, 0.1) is 5.82 Å². The zero-order chi connectivity index (χ0) is 27.8. The van der Waals surface area contributed by atoms with Gasteiger partial charge in [-0.15, -0.1) is 0 Å². The van der Waals surface area contributed by atoms with Crippen LogP contribution >= 0.6 is 0 Å². The van der Waals surface area contributed by atoms with Gasteiger partial charge in [0.25, 0.3) is 0 Å². The fourth-order valence-corrected chi connectivity index (χ4v) is 4.39. The molecule has 2 aromatic rings. The van der Waals surface area contributed by atoms with Crippen LogP contribution in [-0.4, -0.2) is 56.6 Å². The largest absolute Gasteiger partial charge is 0.392 e. The molecule has 0 aliphatic heterocycles. The lowest BCUT2D eigenvalue weighted by atomic mass is 9.88. The lowest BCUT2D eigenvalue weighted by Gasteiger charge is -2.23. The summed E-state index contributed by atoms with van der Waals surface area (Å²) >= 11 is 0. The van der Waals surface area contributed by atoms with Crippen LogP contribution in [0.2, 0.25) is 0 Å². The normalized spacial score (nSPS) is 13.6. The molecule has 7 nitrogen and oxygen atoms in total. The molecule has 0 fully saturated rings. The number of aliphatic hydroxyl groups is 2. The Hall–Kier alpha value is -2.75. The zero-order valence-corrected chi connectivity index (χ0v) is 23.1. The number of nitrogens with zero attached hydrogens (tertiary/aromatic N) is 1. The molecule has 204 valence electrons. The molecule has 0 bridgehead atoms. The van der Waals surface area contributed by atoms with E-state index in [0.717, 1.165) is 30.2 Å². The van der Waals surface area contributed by atoms with Crippen LogP contribution in [0.3, 0.4) is 0 Å². The van der Waals surface area contributed by atoms with Crippen LogP contribution < -0.4 is 9.62 Å². The molecule has 2 rings (SSSR count). The molecule has 0 aliphatic carbocycles. The zero-order valence-electron chi connectivity index (χ0n) is 22.2. The van der Waals surface area contributed by atoms with Crippen molar-refractivity contribution >= 4 is 27.7 Å². The summed E-state index contributed by atoms with van der Waals surface area (Å²) in [5, 5.41) is 23.6. The number of anilines is 1.